The van der Waals surface area contributed by atoms with Crippen molar-refractivity contribution >= 4 is 41.6 Å². The fraction of sp³-hybridized carbons (Fsp3) is 0.279. The third kappa shape index (κ3) is 21.1. The minimum atomic E-state index is -3.88. The van der Waals surface area contributed by atoms with Gasteiger partial charge in [-0.3, -0.25) is 9.08 Å². The Morgan fingerprint density at radius 2 is 1.12 bits per heavy atom. The summed E-state index contributed by atoms with van der Waals surface area (Å²) >= 11 is 0. The van der Waals surface area contributed by atoms with Gasteiger partial charge in [-0.1, -0.05) is 151 Å². The largest absolute Gasteiger partial charge is 0.436 e. The van der Waals surface area contributed by atoms with Gasteiger partial charge >= 0.3 is 6.09 Å². The number of carbonyl (C=O) groups excluding carboxylic acids is 1. The van der Waals surface area contributed by atoms with Gasteiger partial charge in [0.1, 0.15) is 17.0 Å². The number of ether oxygens (including phenoxy) is 3. The second-order valence-corrected chi connectivity index (χ2v) is 23.1. The lowest BCUT2D eigenvalue weighted by molar-refractivity contribution is -0.00228. The molecule has 0 saturated carbocycles. The smallest absolute Gasteiger partial charge is 0.415 e. The molecule has 7 aromatic carbocycles. The quantitative estimate of drug-likeness (QED) is 0.0626. The van der Waals surface area contributed by atoms with Crippen LogP contribution in [0.15, 0.2) is 198 Å². The van der Waals surface area contributed by atoms with Crippen LogP contribution in [-0.2, 0) is 49.6 Å². The molecule has 0 bridgehead atoms. The van der Waals surface area contributed by atoms with Crippen LogP contribution in [0.1, 0.15) is 72.6 Å². The molecule has 2 saturated heterocycles. The Hall–Kier alpha value is -6.91. The number of amides is 1. The standard InChI is InChI=1S/C17H17NO2.C16H18O4S.C9H12O2.C8H7NO.C7H7ClO2S.C4H8O/c1-13-7-6-10-15(11-13)18-12-17(2,20-16(18)19)14-8-4-3-5-9-14;1-13-8-10-15(11-9-13)21(18,19)20-12-16(2,17)14-6-4-3-5-7-14;1-9(11,7-10)8-5-3-2-4-6-8;1-7-3-2-4-8(5-7)10-6-9;1-6-2-4-7(5-3-6)11(8,9)10;1-2-4-5-3-1/h3-11H,12H2,1-2H3;3-11,17H,12H2,1-2H3;2-6,10-11H,7H2,1H3;2-5H,1H3;2-5H,1H3;1-4H2. The van der Waals surface area contributed by atoms with Crippen molar-refractivity contribution in [1.82, 2.24) is 0 Å². The van der Waals surface area contributed by atoms with Crippen molar-refractivity contribution in [3.63, 3.8) is 0 Å². The van der Waals surface area contributed by atoms with Gasteiger partial charge < -0.3 is 29.5 Å². The summed E-state index contributed by atoms with van der Waals surface area (Å²) in [7, 11) is -2.34. The maximum absolute atomic E-state index is 12.2. The van der Waals surface area contributed by atoms with Gasteiger partial charge in [-0.05, 0) is 138 Å². The number of hydrogen-bond acceptors (Lipinski definition) is 13. The van der Waals surface area contributed by atoms with Gasteiger partial charge in [0, 0.05) is 29.6 Å². The highest BCUT2D eigenvalue weighted by molar-refractivity contribution is 8.13. The summed E-state index contributed by atoms with van der Waals surface area (Å²) in [6.07, 6.45) is 3.88. The molecule has 414 valence electrons. The number of anilines is 1. The lowest BCUT2D eigenvalue weighted by atomic mass is 9.96. The lowest BCUT2D eigenvalue weighted by Gasteiger charge is -2.23. The van der Waals surface area contributed by atoms with Crippen LogP contribution in [0.3, 0.4) is 0 Å². The monoisotopic (exact) mass is 1120 g/mol. The third-order valence-electron chi connectivity index (χ3n) is 11.9. The Labute approximate surface area is 464 Å². The van der Waals surface area contributed by atoms with Gasteiger partial charge in [-0.25, -0.2) is 13.2 Å². The predicted octanol–water partition coefficient (Wildman–Crippen LogP) is 11.9. The maximum Gasteiger partial charge on any atom is 0.415 e. The third-order valence-corrected chi connectivity index (χ3v) is 14.5. The second kappa shape index (κ2) is 30.3. The van der Waals surface area contributed by atoms with E-state index in [4.69, 9.17) is 34.7 Å². The highest BCUT2D eigenvalue weighted by Gasteiger charge is 2.43. The van der Waals surface area contributed by atoms with Crippen LogP contribution in [0.5, 0.6) is 5.75 Å². The molecule has 0 spiro atoms. The first kappa shape index (κ1) is 63.6. The summed E-state index contributed by atoms with van der Waals surface area (Å²) in [4.78, 5) is 14.1. The highest BCUT2D eigenvalue weighted by Crippen LogP contribution is 2.35. The van der Waals surface area contributed by atoms with Gasteiger partial charge in [0.2, 0.25) is 0 Å². The van der Waals surface area contributed by atoms with Crippen molar-refractivity contribution < 1.29 is 55.3 Å². The van der Waals surface area contributed by atoms with Gasteiger partial charge in [0.15, 0.2) is 5.60 Å². The highest BCUT2D eigenvalue weighted by atomic mass is 35.7. The Bertz CT molecular complexity index is 3180. The van der Waals surface area contributed by atoms with Crippen LogP contribution in [-0.4, -0.2) is 71.2 Å². The van der Waals surface area contributed by atoms with E-state index in [-0.39, 0.29) is 29.1 Å². The molecular formula is C61H69ClN2O12S2. The van der Waals surface area contributed by atoms with Crippen LogP contribution in [0.4, 0.5) is 10.5 Å². The van der Waals surface area contributed by atoms with Crippen LogP contribution < -0.4 is 9.64 Å². The molecule has 0 radical (unpaired) electrons. The number of rotatable bonds is 11. The number of benzene rings is 7. The first-order valence-corrected chi connectivity index (χ1v) is 28.6. The molecule has 78 heavy (non-hydrogen) atoms. The van der Waals surface area contributed by atoms with Gasteiger partial charge in [0.25, 0.3) is 25.4 Å². The molecule has 14 nitrogen and oxygen atoms in total. The van der Waals surface area contributed by atoms with E-state index in [2.05, 4.69) is 4.74 Å². The molecule has 1 amide bonds. The fourth-order valence-electron chi connectivity index (χ4n) is 7.26. The van der Waals surface area contributed by atoms with Crippen LogP contribution in [0.25, 0.3) is 0 Å². The molecule has 17 heteroatoms. The predicted molar refractivity (Wildman–Crippen MR) is 304 cm³/mol. The number of nitrogens with zero attached hydrogens (tertiary/aromatic N) is 2. The summed E-state index contributed by atoms with van der Waals surface area (Å²) in [5.74, 6) is 0.600. The lowest BCUT2D eigenvalue weighted by Crippen LogP contribution is -2.29. The Kier molecular flexibility index (Phi) is 24.7. The normalized spacial score (nSPS) is 16.0. The summed E-state index contributed by atoms with van der Waals surface area (Å²) < 4.78 is 65.8. The van der Waals surface area contributed by atoms with Gasteiger partial charge in [0.05, 0.1) is 29.5 Å². The van der Waals surface area contributed by atoms with E-state index in [0.29, 0.717) is 17.9 Å². The maximum atomic E-state index is 12.2. The Morgan fingerprint density at radius 1 is 0.641 bits per heavy atom. The second-order valence-electron chi connectivity index (χ2n) is 18.9. The number of nitriles is 1. The summed E-state index contributed by atoms with van der Waals surface area (Å²) in [6, 6.07) is 55.8. The van der Waals surface area contributed by atoms with Crippen LogP contribution in [0, 0.1) is 39.2 Å². The van der Waals surface area contributed by atoms with Crippen molar-refractivity contribution in [2.24, 2.45) is 0 Å². The van der Waals surface area contributed by atoms with Crippen LogP contribution in [0.2, 0.25) is 0 Å². The molecule has 3 atom stereocenters. The molecule has 9 rings (SSSR count). The number of aliphatic hydroxyl groups excluding tert-OH is 1. The summed E-state index contributed by atoms with van der Waals surface area (Å²) in [6.45, 7) is 14.7. The molecule has 3 N–H and O–H groups in total. The van der Waals surface area contributed by atoms with Crippen LogP contribution >= 0.6 is 10.7 Å². The number of hydrogen-bond donors (Lipinski definition) is 3. The minimum Gasteiger partial charge on any atom is -0.436 e. The number of halogens is 1. The SMILES string of the molecule is C1CCOC1.CC(O)(CO)c1ccccc1.Cc1ccc(S(=O)(=O)Cl)cc1.Cc1ccc(S(=O)(=O)OCC(C)(O)c2ccccc2)cc1.Cc1cccc(N2CC(C)(c3ccccc3)OC2=O)c1.Cc1cccc(OC#N)c1. The van der Waals surface area contributed by atoms with E-state index < -0.39 is 36.0 Å². The van der Waals surface area contributed by atoms with E-state index in [1.807, 2.05) is 132 Å². The molecule has 2 aliphatic heterocycles. The fourth-order valence-corrected chi connectivity index (χ4v) is 9.02. The van der Waals surface area contributed by atoms with E-state index in [9.17, 15) is 31.8 Å². The molecule has 0 aromatic heterocycles. The summed E-state index contributed by atoms with van der Waals surface area (Å²) in [5, 5.41) is 36.8. The average Bonchev–Trinajstić information content (AvgIpc) is 4.13. The van der Waals surface area contributed by atoms with Crippen molar-refractivity contribution in [3.05, 3.63) is 227 Å². The molecule has 2 aliphatic rings. The average molecular weight is 1120 g/mol. The van der Waals surface area contributed by atoms with E-state index in [0.717, 1.165) is 52.3 Å². The zero-order chi connectivity index (χ0) is 57.4. The van der Waals surface area contributed by atoms with Crippen molar-refractivity contribution in [3.8, 4) is 12.0 Å². The molecule has 2 heterocycles. The first-order chi connectivity index (χ1) is 36.9. The zero-order valence-corrected chi connectivity index (χ0v) is 47.3. The Morgan fingerprint density at radius 3 is 1.56 bits per heavy atom. The molecular weight excluding hydrogens is 1050 g/mol. The number of cyclic esters (lactones) is 1. The topological polar surface area (TPSA) is 210 Å². The van der Waals surface area contributed by atoms with E-state index >= 15 is 0 Å². The minimum absolute atomic E-state index is 0.0805. The molecule has 0 aliphatic carbocycles. The van der Waals surface area contributed by atoms with E-state index in [1.54, 1.807) is 84.8 Å². The van der Waals surface area contributed by atoms with Crippen molar-refractivity contribution in [2.45, 2.75) is 87.9 Å². The van der Waals surface area contributed by atoms with Crippen molar-refractivity contribution in [2.75, 3.05) is 37.9 Å². The summed E-state index contributed by atoms with van der Waals surface area (Å²) in [5.41, 5.74) is 4.35. The van der Waals surface area contributed by atoms with Gasteiger partial charge in [-0.2, -0.15) is 8.42 Å². The first-order valence-electron chi connectivity index (χ1n) is 24.9. The Balaban J connectivity index is 0.000000212. The van der Waals surface area contributed by atoms with Gasteiger partial charge in [-0.15, -0.1) is 5.26 Å². The molecule has 3 unspecified atom stereocenters. The van der Waals surface area contributed by atoms with Crippen molar-refractivity contribution in [1.29, 1.82) is 5.26 Å². The van der Waals surface area contributed by atoms with E-state index in [1.165, 1.54) is 44.0 Å². The molecule has 7 aromatic rings. The number of aryl methyl sites for hydroxylation is 4. The number of carbonyl (C=O) groups is 1. The zero-order valence-electron chi connectivity index (χ0n) is 45.0. The number of aliphatic hydroxyl groups is 3. The molecule has 2 fully saturated rings.